The van der Waals surface area contributed by atoms with Crippen molar-refractivity contribution < 1.29 is 19.0 Å². The molecule has 0 bridgehead atoms. The van der Waals surface area contributed by atoms with E-state index in [1.165, 1.54) is 28.3 Å². The maximum atomic E-state index is 12.7. The molecule has 0 radical (unpaired) electrons. The van der Waals surface area contributed by atoms with E-state index in [9.17, 15) is 9.18 Å². The Morgan fingerprint density at radius 2 is 1.93 bits per heavy atom. The van der Waals surface area contributed by atoms with Crippen molar-refractivity contribution in [2.45, 2.75) is 72.1 Å². The summed E-state index contributed by atoms with van der Waals surface area (Å²) < 4.78 is 18.9. The summed E-state index contributed by atoms with van der Waals surface area (Å²) in [4.78, 5) is 10.9. The summed E-state index contributed by atoms with van der Waals surface area (Å²) in [6.07, 6.45) is 8.48. The molecule has 3 nitrogen and oxygen atoms in total. The van der Waals surface area contributed by atoms with Gasteiger partial charge in [-0.2, -0.15) is 0 Å². The number of benzene rings is 1. The Morgan fingerprint density at radius 3 is 2.53 bits per heavy atom. The van der Waals surface area contributed by atoms with E-state index in [1.54, 1.807) is 6.92 Å². The minimum Gasteiger partial charge on any atom is -0.493 e. The van der Waals surface area contributed by atoms with Crippen molar-refractivity contribution in [2.75, 3.05) is 13.3 Å². The predicted molar refractivity (Wildman–Crippen MR) is 122 cm³/mol. The van der Waals surface area contributed by atoms with E-state index in [2.05, 4.69) is 39.8 Å². The fourth-order valence-corrected chi connectivity index (χ4v) is 3.78. The number of hydrogen-bond donors (Lipinski definition) is 1. The first-order valence-electron chi connectivity index (χ1n) is 10.9. The number of ether oxygens (including phenoxy) is 1. The lowest BCUT2D eigenvalue weighted by atomic mass is 9.88. The van der Waals surface area contributed by atoms with Gasteiger partial charge in [0, 0.05) is 18.1 Å². The second-order valence-corrected chi connectivity index (χ2v) is 8.60. The van der Waals surface area contributed by atoms with Crippen LogP contribution in [0.15, 0.2) is 41.5 Å². The summed E-state index contributed by atoms with van der Waals surface area (Å²) in [6.45, 7) is 10.5. The standard InChI is InChI=1S/C26H35FO3/c1-17(2)21-15-23(18(3)4)26(30-13-7-12-27)24(16-21)22-9-6-8-20(22)11-10-19(5)14-25(28)29/h10-11,14-18H,6-9,12-13H2,1-5H3,(H,28,29). The Kier molecular flexibility index (Phi) is 8.88. The molecule has 0 saturated carbocycles. The zero-order valence-electron chi connectivity index (χ0n) is 18.9. The van der Waals surface area contributed by atoms with Gasteiger partial charge >= 0.3 is 5.97 Å². The minimum atomic E-state index is -0.937. The molecule has 0 heterocycles. The molecule has 0 aliphatic heterocycles. The number of allylic oxidation sites excluding steroid dienone is 5. The van der Waals surface area contributed by atoms with Crippen LogP contribution in [-0.2, 0) is 4.79 Å². The monoisotopic (exact) mass is 414 g/mol. The molecule has 30 heavy (non-hydrogen) atoms. The molecule has 4 heteroatoms. The average molecular weight is 415 g/mol. The summed E-state index contributed by atoms with van der Waals surface area (Å²) >= 11 is 0. The first-order chi connectivity index (χ1) is 14.2. The highest BCUT2D eigenvalue weighted by Gasteiger charge is 2.23. The Bertz CT molecular complexity index is 844. The van der Waals surface area contributed by atoms with Crippen molar-refractivity contribution in [1.29, 1.82) is 0 Å². The first-order valence-corrected chi connectivity index (χ1v) is 10.9. The maximum absolute atomic E-state index is 12.7. The highest BCUT2D eigenvalue weighted by Crippen LogP contribution is 2.43. The Labute approximate surface area is 180 Å². The van der Waals surface area contributed by atoms with Gasteiger partial charge in [-0.3, -0.25) is 4.39 Å². The van der Waals surface area contributed by atoms with Crippen molar-refractivity contribution in [3.63, 3.8) is 0 Å². The number of aliphatic carboxylic acids is 1. The number of carbonyl (C=O) groups is 1. The van der Waals surface area contributed by atoms with Crippen LogP contribution < -0.4 is 4.74 Å². The van der Waals surface area contributed by atoms with Crippen LogP contribution >= 0.6 is 0 Å². The zero-order chi connectivity index (χ0) is 22.3. The van der Waals surface area contributed by atoms with Gasteiger partial charge in [0.05, 0.1) is 13.3 Å². The first kappa shape index (κ1) is 23.9. The van der Waals surface area contributed by atoms with Crippen molar-refractivity contribution >= 4 is 11.5 Å². The summed E-state index contributed by atoms with van der Waals surface area (Å²) in [5.74, 6) is 0.628. The SMILES string of the molecule is CC(C=CC1=C(c2cc(C(C)C)cc(C(C)C)c2OCCCF)CCC1)=CC(=O)O. The van der Waals surface area contributed by atoms with E-state index in [0.29, 0.717) is 30.4 Å². The summed E-state index contributed by atoms with van der Waals surface area (Å²) in [5.41, 5.74) is 6.74. The van der Waals surface area contributed by atoms with Gasteiger partial charge in [0.2, 0.25) is 0 Å². The van der Waals surface area contributed by atoms with Crippen molar-refractivity contribution in [3.05, 3.63) is 58.2 Å². The molecule has 0 unspecified atom stereocenters. The second kappa shape index (κ2) is 11.1. The molecule has 2 rings (SSSR count). The van der Waals surface area contributed by atoms with Crippen LogP contribution in [0.2, 0.25) is 0 Å². The van der Waals surface area contributed by atoms with Crippen molar-refractivity contribution in [2.24, 2.45) is 0 Å². The van der Waals surface area contributed by atoms with E-state index >= 15 is 0 Å². The molecule has 1 aromatic rings. The van der Waals surface area contributed by atoms with Crippen LogP contribution in [0.1, 0.15) is 88.8 Å². The van der Waals surface area contributed by atoms with E-state index in [1.807, 2.05) is 12.2 Å². The van der Waals surface area contributed by atoms with Crippen LogP contribution in [0.5, 0.6) is 5.75 Å². The predicted octanol–water partition coefficient (Wildman–Crippen LogP) is 7.20. The summed E-state index contributed by atoms with van der Waals surface area (Å²) in [5, 5.41) is 8.94. The number of rotatable bonds is 10. The fraction of sp³-hybridized carbons (Fsp3) is 0.500. The lowest BCUT2D eigenvalue weighted by Gasteiger charge is -2.22. The number of hydrogen-bond acceptors (Lipinski definition) is 2. The van der Waals surface area contributed by atoms with Gasteiger partial charge in [-0.05, 0) is 71.9 Å². The summed E-state index contributed by atoms with van der Waals surface area (Å²) in [6, 6.07) is 4.46. The molecule has 0 atom stereocenters. The second-order valence-electron chi connectivity index (χ2n) is 8.60. The van der Waals surface area contributed by atoms with Gasteiger partial charge in [0.1, 0.15) is 5.75 Å². The molecule has 1 aliphatic rings. The number of halogens is 1. The molecule has 164 valence electrons. The number of alkyl halides is 1. The molecular formula is C26H35FO3. The third-order valence-electron chi connectivity index (χ3n) is 5.44. The van der Waals surface area contributed by atoms with Crippen LogP contribution in [0.3, 0.4) is 0 Å². The quantitative estimate of drug-likeness (QED) is 0.250. The number of carboxylic acid groups (broad SMARTS) is 1. The molecule has 1 aromatic carbocycles. The molecule has 1 aliphatic carbocycles. The Balaban J connectivity index is 2.60. The largest absolute Gasteiger partial charge is 0.493 e. The van der Waals surface area contributed by atoms with Crippen molar-refractivity contribution in [3.8, 4) is 5.75 Å². The molecule has 0 fully saturated rings. The fourth-order valence-electron chi connectivity index (χ4n) is 3.78. The van der Waals surface area contributed by atoms with Gasteiger partial charge < -0.3 is 9.84 Å². The maximum Gasteiger partial charge on any atom is 0.328 e. The van der Waals surface area contributed by atoms with Crippen LogP contribution in [0.25, 0.3) is 5.57 Å². The smallest absolute Gasteiger partial charge is 0.328 e. The Hall–Kier alpha value is -2.36. The van der Waals surface area contributed by atoms with Crippen molar-refractivity contribution in [1.82, 2.24) is 0 Å². The zero-order valence-corrected chi connectivity index (χ0v) is 18.9. The highest BCUT2D eigenvalue weighted by atomic mass is 19.1. The van der Waals surface area contributed by atoms with E-state index in [0.717, 1.165) is 30.6 Å². The molecule has 0 amide bonds. The van der Waals surface area contributed by atoms with E-state index in [4.69, 9.17) is 9.84 Å². The molecular weight excluding hydrogens is 379 g/mol. The molecule has 0 aromatic heterocycles. The Morgan fingerprint density at radius 1 is 1.20 bits per heavy atom. The third kappa shape index (κ3) is 6.32. The average Bonchev–Trinajstić information content (AvgIpc) is 3.14. The van der Waals surface area contributed by atoms with Gasteiger partial charge in [0.25, 0.3) is 0 Å². The third-order valence-corrected chi connectivity index (χ3v) is 5.44. The lowest BCUT2D eigenvalue weighted by Crippen LogP contribution is -2.07. The topological polar surface area (TPSA) is 46.5 Å². The van der Waals surface area contributed by atoms with Crippen LogP contribution in [0, 0.1) is 0 Å². The molecule has 1 N–H and O–H groups in total. The minimum absolute atomic E-state index is 0.296. The van der Waals surface area contributed by atoms with Gasteiger partial charge in [-0.25, -0.2) is 4.79 Å². The normalized spacial score (nSPS) is 15.1. The highest BCUT2D eigenvalue weighted by molar-refractivity contribution is 5.81. The van der Waals surface area contributed by atoms with Gasteiger partial charge in [-0.1, -0.05) is 45.9 Å². The van der Waals surface area contributed by atoms with Gasteiger partial charge in [-0.15, -0.1) is 0 Å². The van der Waals surface area contributed by atoms with Crippen LogP contribution in [0.4, 0.5) is 4.39 Å². The van der Waals surface area contributed by atoms with E-state index < -0.39 is 5.97 Å². The molecule has 0 spiro atoms. The lowest BCUT2D eigenvalue weighted by molar-refractivity contribution is -0.131. The number of carboxylic acids is 1. The van der Waals surface area contributed by atoms with Crippen LogP contribution in [-0.4, -0.2) is 24.4 Å². The van der Waals surface area contributed by atoms with Gasteiger partial charge in [0.15, 0.2) is 0 Å². The summed E-state index contributed by atoms with van der Waals surface area (Å²) in [7, 11) is 0. The molecule has 0 saturated heterocycles. The van der Waals surface area contributed by atoms with E-state index in [-0.39, 0.29) is 6.67 Å².